The summed E-state index contributed by atoms with van der Waals surface area (Å²) in [6, 6.07) is 6.41. The molecule has 1 aromatic carbocycles. The molecule has 4 heteroatoms. The molecular formula is C32H40O4. The van der Waals surface area contributed by atoms with E-state index in [-0.39, 0.29) is 28.6 Å². The number of terminal acetylenes is 1. The fourth-order valence-electron chi connectivity index (χ4n) is 7.21. The Labute approximate surface area is 216 Å². The Kier molecular flexibility index (Phi) is 6.58. The predicted octanol–water partition coefficient (Wildman–Crippen LogP) is 6.38. The van der Waals surface area contributed by atoms with Gasteiger partial charge in [-0.05, 0) is 111 Å². The van der Waals surface area contributed by atoms with Crippen molar-refractivity contribution < 1.29 is 19.4 Å². The smallest absolute Gasteiger partial charge is 0.161 e. The Hall–Kier alpha value is -2.51. The van der Waals surface area contributed by atoms with Gasteiger partial charge in [-0.25, -0.2) is 0 Å². The molecule has 1 aliphatic heterocycles. The number of benzene rings is 1. The van der Waals surface area contributed by atoms with Crippen LogP contribution in [0.1, 0.15) is 84.1 Å². The lowest BCUT2D eigenvalue weighted by Gasteiger charge is -2.52. The van der Waals surface area contributed by atoms with Crippen LogP contribution in [-0.4, -0.2) is 30.2 Å². The molecule has 1 aromatic rings. The molecule has 0 amide bonds. The van der Waals surface area contributed by atoms with E-state index in [1.807, 2.05) is 32.9 Å². The van der Waals surface area contributed by atoms with Gasteiger partial charge in [-0.2, -0.15) is 0 Å². The van der Waals surface area contributed by atoms with Crippen molar-refractivity contribution in [3.63, 3.8) is 0 Å². The normalized spacial score (nSPS) is 32.8. The third-order valence-corrected chi connectivity index (χ3v) is 9.08. The van der Waals surface area contributed by atoms with Crippen molar-refractivity contribution in [3.8, 4) is 23.8 Å². The van der Waals surface area contributed by atoms with Crippen LogP contribution < -0.4 is 9.47 Å². The average Bonchev–Trinajstić information content (AvgIpc) is 3.16. The van der Waals surface area contributed by atoms with E-state index in [2.05, 4.69) is 25.0 Å². The van der Waals surface area contributed by atoms with Crippen molar-refractivity contribution in [2.75, 3.05) is 13.2 Å². The van der Waals surface area contributed by atoms with Gasteiger partial charge >= 0.3 is 0 Å². The number of hydrogen-bond donors (Lipinski definition) is 1. The molecule has 0 bridgehead atoms. The van der Waals surface area contributed by atoms with E-state index in [1.165, 1.54) is 16.7 Å². The summed E-state index contributed by atoms with van der Waals surface area (Å²) >= 11 is 0. The highest BCUT2D eigenvalue weighted by molar-refractivity contribution is 5.93. The number of fused-ring (bicyclic) bond motifs is 5. The molecule has 1 N–H and O–H groups in total. The molecule has 5 unspecified atom stereocenters. The second-order valence-electron chi connectivity index (χ2n) is 12.5. The maximum atomic E-state index is 12.1. The van der Waals surface area contributed by atoms with Gasteiger partial charge in [0.25, 0.3) is 0 Å². The van der Waals surface area contributed by atoms with E-state index in [0.29, 0.717) is 31.5 Å². The van der Waals surface area contributed by atoms with Gasteiger partial charge in [0.15, 0.2) is 17.3 Å². The highest BCUT2D eigenvalue weighted by atomic mass is 16.6. The van der Waals surface area contributed by atoms with Gasteiger partial charge in [-0.1, -0.05) is 18.6 Å². The molecule has 5 atom stereocenters. The first-order chi connectivity index (χ1) is 17.1. The lowest BCUT2D eigenvalue weighted by Crippen LogP contribution is -2.45. The number of hydrogen-bond acceptors (Lipinski definition) is 4. The monoisotopic (exact) mass is 488 g/mol. The Bertz CT molecular complexity index is 1140. The topological polar surface area (TPSA) is 55.8 Å². The van der Waals surface area contributed by atoms with Crippen molar-refractivity contribution in [2.45, 2.75) is 84.7 Å². The summed E-state index contributed by atoms with van der Waals surface area (Å²) in [5.41, 5.74) is 5.59. The summed E-state index contributed by atoms with van der Waals surface area (Å²) in [7, 11) is 0. The van der Waals surface area contributed by atoms with E-state index in [9.17, 15) is 9.90 Å². The third-order valence-electron chi connectivity index (χ3n) is 9.08. The second-order valence-corrected chi connectivity index (χ2v) is 12.5. The molecule has 0 spiro atoms. The van der Waals surface area contributed by atoms with Crippen LogP contribution >= 0.6 is 0 Å². The predicted molar refractivity (Wildman–Crippen MR) is 142 cm³/mol. The summed E-state index contributed by atoms with van der Waals surface area (Å²) in [5.74, 6) is 5.87. The van der Waals surface area contributed by atoms with Crippen LogP contribution in [0.2, 0.25) is 0 Å². The fourth-order valence-corrected chi connectivity index (χ4v) is 7.21. The van der Waals surface area contributed by atoms with Crippen molar-refractivity contribution in [3.05, 3.63) is 46.6 Å². The summed E-state index contributed by atoms with van der Waals surface area (Å²) in [4.78, 5) is 12.1. The minimum Gasteiger partial charge on any atom is -0.486 e. The Morgan fingerprint density at radius 2 is 1.78 bits per heavy atom. The standard InChI is InChI=1S/C26H30O4.C6H10/c1-26-14-20(16-3-8-22-23(13-16)30-11-10-29-22)25-18-6-4-17(27)12-15(18)2-5-19(25)21(26)7-9-24(26)28;1-5-6(2,3)4/h3,8,12-13,19-21,24,28H,2,4-7,9-11,14H2,1H3;1H,2-4H3. The first kappa shape index (κ1) is 25.2. The van der Waals surface area contributed by atoms with Crippen LogP contribution in [0, 0.1) is 35.0 Å². The lowest BCUT2D eigenvalue weighted by molar-refractivity contribution is -0.114. The maximum absolute atomic E-state index is 12.1. The molecule has 6 rings (SSSR count). The number of carbonyl (C=O) groups is 1. The largest absolute Gasteiger partial charge is 0.486 e. The molecular weight excluding hydrogens is 448 g/mol. The van der Waals surface area contributed by atoms with Gasteiger partial charge in [0.1, 0.15) is 13.2 Å². The number of ketones is 1. The molecule has 4 aliphatic carbocycles. The van der Waals surface area contributed by atoms with E-state index in [1.54, 1.807) is 5.57 Å². The highest BCUT2D eigenvalue weighted by Crippen LogP contribution is 2.64. The van der Waals surface area contributed by atoms with Gasteiger partial charge < -0.3 is 14.6 Å². The van der Waals surface area contributed by atoms with Gasteiger partial charge in [0.2, 0.25) is 0 Å². The molecule has 4 nitrogen and oxygen atoms in total. The SMILES string of the molecule is C#CC(C)(C)C.CC12CC(c3ccc4c(c3)OCCO4)C3=C4CCC(=O)C=C4CCC3C1CCC2O. The summed E-state index contributed by atoms with van der Waals surface area (Å²) in [6.45, 7) is 9.52. The number of rotatable bonds is 1. The Morgan fingerprint density at radius 3 is 2.50 bits per heavy atom. The highest BCUT2D eigenvalue weighted by Gasteiger charge is 2.56. The zero-order chi connectivity index (χ0) is 25.7. The zero-order valence-corrected chi connectivity index (χ0v) is 22.2. The average molecular weight is 489 g/mol. The number of allylic oxidation sites excluding steroid dienone is 4. The number of aliphatic hydroxyl groups is 1. The van der Waals surface area contributed by atoms with Crippen molar-refractivity contribution >= 4 is 5.78 Å². The van der Waals surface area contributed by atoms with Crippen LogP contribution in [0.5, 0.6) is 11.5 Å². The van der Waals surface area contributed by atoms with Gasteiger partial charge in [0, 0.05) is 17.8 Å². The lowest BCUT2D eigenvalue weighted by atomic mass is 9.53. The third kappa shape index (κ3) is 4.52. The molecule has 0 saturated heterocycles. The van der Waals surface area contributed by atoms with E-state index in [0.717, 1.165) is 50.0 Å². The molecule has 192 valence electrons. The quantitative estimate of drug-likeness (QED) is 0.466. The minimum absolute atomic E-state index is 0.0433. The molecule has 36 heavy (non-hydrogen) atoms. The van der Waals surface area contributed by atoms with Gasteiger partial charge in [-0.3, -0.25) is 4.79 Å². The molecule has 2 saturated carbocycles. The van der Waals surface area contributed by atoms with Crippen LogP contribution in [0.3, 0.4) is 0 Å². The van der Waals surface area contributed by atoms with Crippen LogP contribution in [-0.2, 0) is 4.79 Å². The first-order valence-electron chi connectivity index (χ1n) is 13.6. The Balaban J connectivity index is 0.000000400. The first-order valence-corrected chi connectivity index (χ1v) is 13.6. The summed E-state index contributed by atoms with van der Waals surface area (Å²) in [5, 5.41) is 11.0. The van der Waals surface area contributed by atoms with Crippen molar-refractivity contribution in [1.82, 2.24) is 0 Å². The Morgan fingerprint density at radius 1 is 1.06 bits per heavy atom. The molecule has 0 radical (unpaired) electrons. The van der Waals surface area contributed by atoms with Gasteiger partial charge in [0.05, 0.1) is 6.10 Å². The second kappa shape index (κ2) is 9.42. The van der Waals surface area contributed by atoms with Crippen molar-refractivity contribution in [2.24, 2.45) is 22.7 Å². The zero-order valence-electron chi connectivity index (χ0n) is 22.2. The number of carbonyl (C=O) groups excluding carboxylic acids is 1. The summed E-state index contributed by atoms with van der Waals surface area (Å²) in [6.07, 6.45) is 13.4. The van der Waals surface area contributed by atoms with E-state index >= 15 is 0 Å². The number of ether oxygens (including phenoxy) is 2. The molecule has 2 fully saturated rings. The molecule has 1 heterocycles. The van der Waals surface area contributed by atoms with Crippen LogP contribution in [0.15, 0.2) is 41.0 Å². The van der Waals surface area contributed by atoms with Gasteiger partial charge in [-0.15, -0.1) is 12.3 Å². The minimum atomic E-state index is -0.223. The molecule has 5 aliphatic rings. The molecule has 0 aromatic heterocycles. The van der Waals surface area contributed by atoms with Crippen LogP contribution in [0.25, 0.3) is 0 Å². The fraction of sp³-hybridized carbons (Fsp3) is 0.594. The maximum Gasteiger partial charge on any atom is 0.161 e. The van der Waals surface area contributed by atoms with Crippen molar-refractivity contribution in [1.29, 1.82) is 0 Å². The van der Waals surface area contributed by atoms with E-state index in [4.69, 9.17) is 15.9 Å². The number of aliphatic hydroxyl groups excluding tert-OH is 1. The van der Waals surface area contributed by atoms with Crippen LogP contribution in [0.4, 0.5) is 0 Å². The summed E-state index contributed by atoms with van der Waals surface area (Å²) < 4.78 is 11.7. The van der Waals surface area contributed by atoms with E-state index < -0.39 is 0 Å².